The Morgan fingerprint density at radius 2 is 1.94 bits per heavy atom. The van der Waals surface area contributed by atoms with Crippen LogP contribution >= 0.6 is 15.9 Å². The second kappa shape index (κ2) is 6.05. The molecule has 4 heteroatoms. The first-order valence-electron chi connectivity index (χ1n) is 6.06. The molecule has 0 radical (unpaired) electrons. The molecule has 0 fully saturated rings. The minimum absolute atomic E-state index is 0.708. The van der Waals surface area contributed by atoms with E-state index >= 15 is 0 Å². The number of hydrogen-bond acceptors (Lipinski definition) is 2. The van der Waals surface area contributed by atoms with Gasteiger partial charge < -0.3 is 4.74 Å². The van der Waals surface area contributed by atoms with Gasteiger partial charge in [0.2, 0.25) is 0 Å². The van der Waals surface area contributed by atoms with E-state index in [0.29, 0.717) is 6.61 Å². The number of aryl methyl sites for hydroxylation is 2. The van der Waals surface area contributed by atoms with Gasteiger partial charge in [-0.1, -0.05) is 18.2 Å². The Balaban J connectivity index is 1.80. The van der Waals surface area contributed by atoms with Crippen molar-refractivity contribution >= 4 is 15.9 Å². The number of ether oxygens (including phenoxy) is 1. The molecule has 1 aromatic carbocycles. The van der Waals surface area contributed by atoms with E-state index < -0.39 is 0 Å². The van der Waals surface area contributed by atoms with Gasteiger partial charge in [0.25, 0.3) is 0 Å². The molecule has 0 N–H and O–H groups in total. The molecular weight excluding hydrogens is 292 g/mol. The molecule has 1 heterocycles. The van der Waals surface area contributed by atoms with Gasteiger partial charge in [0.15, 0.2) is 0 Å². The highest BCUT2D eigenvalue weighted by molar-refractivity contribution is 9.10. The highest BCUT2D eigenvalue weighted by atomic mass is 79.9. The van der Waals surface area contributed by atoms with Crippen molar-refractivity contribution in [3.8, 4) is 5.75 Å². The lowest BCUT2D eigenvalue weighted by molar-refractivity contribution is 0.298. The monoisotopic (exact) mass is 308 g/mol. The molecule has 0 aliphatic carbocycles. The van der Waals surface area contributed by atoms with Crippen molar-refractivity contribution in [3.63, 3.8) is 0 Å². The van der Waals surface area contributed by atoms with Crippen LogP contribution in [0, 0.1) is 13.8 Å². The molecule has 0 atom stereocenters. The number of benzene rings is 1. The van der Waals surface area contributed by atoms with Crippen LogP contribution in [0.4, 0.5) is 0 Å². The van der Waals surface area contributed by atoms with Gasteiger partial charge in [0.05, 0.1) is 16.8 Å². The molecule has 0 amide bonds. The number of aromatic nitrogens is 2. The molecular formula is C14H17BrN2O. The minimum Gasteiger partial charge on any atom is -0.494 e. The van der Waals surface area contributed by atoms with Crippen LogP contribution in [0.5, 0.6) is 5.75 Å². The lowest BCUT2D eigenvalue weighted by Gasteiger charge is -2.07. The Hall–Kier alpha value is -1.29. The van der Waals surface area contributed by atoms with Crippen molar-refractivity contribution in [2.45, 2.75) is 26.8 Å². The zero-order valence-electron chi connectivity index (χ0n) is 10.7. The van der Waals surface area contributed by atoms with E-state index in [4.69, 9.17) is 4.74 Å². The number of hydrogen-bond donors (Lipinski definition) is 0. The summed E-state index contributed by atoms with van der Waals surface area (Å²) in [7, 11) is 0. The van der Waals surface area contributed by atoms with E-state index in [0.717, 1.165) is 28.9 Å². The van der Waals surface area contributed by atoms with Gasteiger partial charge in [-0.15, -0.1) is 0 Å². The number of nitrogens with zero attached hydrogens (tertiary/aromatic N) is 2. The van der Waals surface area contributed by atoms with E-state index in [1.807, 2.05) is 41.9 Å². The van der Waals surface area contributed by atoms with Crippen LogP contribution in [0.15, 0.2) is 34.8 Å². The molecule has 2 aromatic rings. The van der Waals surface area contributed by atoms with Gasteiger partial charge in [-0.2, -0.15) is 5.10 Å². The molecule has 0 aliphatic heterocycles. The topological polar surface area (TPSA) is 27.1 Å². The molecule has 2 rings (SSSR count). The summed E-state index contributed by atoms with van der Waals surface area (Å²) < 4.78 is 8.78. The molecule has 18 heavy (non-hydrogen) atoms. The maximum Gasteiger partial charge on any atom is 0.119 e. The first-order chi connectivity index (χ1) is 8.68. The highest BCUT2D eigenvalue weighted by Crippen LogP contribution is 2.19. The van der Waals surface area contributed by atoms with Crippen LogP contribution in [0.1, 0.15) is 17.8 Å². The zero-order chi connectivity index (χ0) is 13.0. The molecule has 0 spiro atoms. The van der Waals surface area contributed by atoms with Gasteiger partial charge in [-0.3, -0.25) is 4.68 Å². The van der Waals surface area contributed by atoms with E-state index in [1.54, 1.807) is 0 Å². The smallest absolute Gasteiger partial charge is 0.119 e. The van der Waals surface area contributed by atoms with E-state index in [-0.39, 0.29) is 0 Å². The Bertz CT molecular complexity index is 508. The third-order valence-corrected chi connectivity index (χ3v) is 3.97. The summed E-state index contributed by atoms with van der Waals surface area (Å²) in [6, 6.07) is 9.89. The van der Waals surface area contributed by atoms with Crippen LogP contribution in [-0.4, -0.2) is 16.4 Å². The van der Waals surface area contributed by atoms with Gasteiger partial charge in [0.1, 0.15) is 5.75 Å². The van der Waals surface area contributed by atoms with Gasteiger partial charge in [0, 0.05) is 18.7 Å². The Labute approximate surface area is 116 Å². The van der Waals surface area contributed by atoms with E-state index in [2.05, 4.69) is 28.0 Å². The quantitative estimate of drug-likeness (QED) is 0.787. The first-order valence-corrected chi connectivity index (χ1v) is 6.85. The van der Waals surface area contributed by atoms with Gasteiger partial charge >= 0.3 is 0 Å². The Morgan fingerprint density at radius 3 is 2.56 bits per heavy atom. The number of rotatable bonds is 5. The normalized spacial score (nSPS) is 10.6. The van der Waals surface area contributed by atoms with Crippen molar-refractivity contribution in [3.05, 3.63) is 46.2 Å². The Kier molecular flexibility index (Phi) is 4.42. The summed E-state index contributed by atoms with van der Waals surface area (Å²) in [5.74, 6) is 0.923. The number of para-hydroxylation sites is 1. The van der Waals surface area contributed by atoms with Crippen LogP contribution in [-0.2, 0) is 6.54 Å². The maximum atomic E-state index is 5.65. The van der Waals surface area contributed by atoms with E-state index in [1.165, 1.54) is 5.69 Å². The SMILES string of the molecule is Cc1nn(CCCOc2ccccc2)c(C)c1Br. The summed E-state index contributed by atoms with van der Waals surface area (Å²) in [4.78, 5) is 0. The molecule has 0 saturated heterocycles. The summed E-state index contributed by atoms with van der Waals surface area (Å²) in [5, 5.41) is 4.47. The summed E-state index contributed by atoms with van der Waals surface area (Å²) in [5.41, 5.74) is 2.21. The third kappa shape index (κ3) is 3.13. The second-order valence-electron chi connectivity index (χ2n) is 4.22. The van der Waals surface area contributed by atoms with E-state index in [9.17, 15) is 0 Å². The molecule has 96 valence electrons. The minimum atomic E-state index is 0.708. The fourth-order valence-electron chi connectivity index (χ4n) is 1.81. The zero-order valence-corrected chi connectivity index (χ0v) is 12.3. The maximum absolute atomic E-state index is 5.65. The summed E-state index contributed by atoms with van der Waals surface area (Å²) in [6.45, 7) is 5.67. The van der Waals surface area contributed by atoms with Crippen LogP contribution in [0.25, 0.3) is 0 Å². The standard InChI is InChI=1S/C14H17BrN2O/c1-11-14(15)12(2)17(16-11)9-6-10-18-13-7-4-3-5-8-13/h3-5,7-8H,6,9-10H2,1-2H3. The van der Waals surface area contributed by atoms with Gasteiger partial charge in [-0.25, -0.2) is 0 Å². The average Bonchev–Trinajstić information content (AvgIpc) is 2.64. The fraction of sp³-hybridized carbons (Fsp3) is 0.357. The first kappa shape index (κ1) is 13.1. The highest BCUT2D eigenvalue weighted by Gasteiger charge is 2.07. The Morgan fingerprint density at radius 1 is 1.22 bits per heavy atom. The molecule has 1 aromatic heterocycles. The predicted octanol–water partition coefficient (Wildman–Crippen LogP) is 3.73. The van der Waals surface area contributed by atoms with Crippen molar-refractivity contribution in [1.82, 2.24) is 9.78 Å². The fourth-order valence-corrected chi connectivity index (χ4v) is 2.10. The van der Waals surface area contributed by atoms with Crippen LogP contribution in [0.2, 0.25) is 0 Å². The van der Waals surface area contributed by atoms with Crippen molar-refractivity contribution in [1.29, 1.82) is 0 Å². The molecule has 0 aliphatic rings. The molecule has 0 saturated carbocycles. The van der Waals surface area contributed by atoms with Gasteiger partial charge in [-0.05, 0) is 41.9 Å². The average molecular weight is 309 g/mol. The molecule has 3 nitrogen and oxygen atoms in total. The second-order valence-corrected chi connectivity index (χ2v) is 5.02. The van der Waals surface area contributed by atoms with Crippen LogP contribution < -0.4 is 4.74 Å². The molecule has 0 bridgehead atoms. The van der Waals surface area contributed by atoms with Crippen molar-refractivity contribution < 1.29 is 4.74 Å². The third-order valence-electron chi connectivity index (χ3n) is 2.82. The van der Waals surface area contributed by atoms with Crippen molar-refractivity contribution in [2.75, 3.05) is 6.61 Å². The number of halogens is 1. The predicted molar refractivity (Wildman–Crippen MR) is 76.0 cm³/mol. The summed E-state index contributed by atoms with van der Waals surface area (Å²) >= 11 is 3.53. The largest absolute Gasteiger partial charge is 0.494 e. The lowest BCUT2D eigenvalue weighted by Crippen LogP contribution is -2.07. The lowest BCUT2D eigenvalue weighted by atomic mass is 10.3. The molecule has 0 unspecified atom stereocenters. The van der Waals surface area contributed by atoms with Crippen LogP contribution in [0.3, 0.4) is 0 Å². The summed E-state index contributed by atoms with van der Waals surface area (Å²) in [6.07, 6.45) is 0.948. The van der Waals surface area contributed by atoms with Crippen molar-refractivity contribution in [2.24, 2.45) is 0 Å².